The third-order valence-electron chi connectivity index (χ3n) is 3.25. The van der Waals surface area contributed by atoms with E-state index in [0.29, 0.717) is 6.04 Å². The highest BCUT2D eigenvalue weighted by Gasteiger charge is 2.33. The number of ether oxygens (including phenoxy) is 1. The Kier molecular flexibility index (Phi) is 5.02. The predicted molar refractivity (Wildman–Crippen MR) is 64.9 cm³/mol. The normalized spacial score (nSPS) is 34.6. The van der Waals surface area contributed by atoms with Gasteiger partial charge in [-0.1, -0.05) is 0 Å². The van der Waals surface area contributed by atoms with E-state index < -0.39 is 0 Å². The quantitative estimate of drug-likeness (QED) is 0.746. The van der Waals surface area contributed by atoms with Crippen LogP contribution in [0, 0.1) is 0 Å². The highest BCUT2D eigenvalue weighted by atomic mass is 35.5. The van der Waals surface area contributed by atoms with Gasteiger partial charge in [0.1, 0.15) is 6.10 Å². The van der Waals surface area contributed by atoms with Crippen LogP contribution in [0.2, 0.25) is 0 Å². The molecule has 16 heavy (non-hydrogen) atoms. The Bertz CT molecular complexity index is 244. The van der Waals surface area contributed by atoms with E-state index in [1.54, 1.807) is 0 Å². The van der Waals surface area contributed by atoms with Gasteiger partial charge in [-0.15, -0.1) is 12.4 Å². The number of piperazine rings is 1. The average Bonchev–Trinajstić information content (AvgIpc) is 2.74. The Morgan fingerprint density at radius 3 is 2.81 bits per heavy atom. The van der Waals surface area contributed by atoms with Crippen molar-refractivity contribution in [2.24, 2.45) is 0 Å². The molecule has 2 aliphatic heterocycles. The maximum absolute atomic E-state index is 12.1. The first-order chi connectivity index (χ1) is 7.18. The van der Waals surface area contributed by atoms with Gasteiger partial charge in [-0.2, -0.15) is 0 Å². The van der Waals surface area contributed by atoms with Crippen LogP contribution >= 0.6 is 12.4 Å². The first kappa shape index (κ1) is 13.7. The number of hydrogen-bond acceptors (Lipinski definition) is 3. The summed E-state index contributed by atoms with van der Waals surface area (Å²) in [7, 11) is 0. The van der Waals surface area contributed by atoms with Crippen LogP contribution in [-0.4, -0.2) is 48.7 Å². The van der Waals surface area contributed by atoms with Gasteiger partial charge in [0.2, 0.25) is 0 Å². The minimum atomic E-state index is -0.169. The molecular formula is C11H21ClN2O2. The molecule has 94 valence electrons. The van der Waals surface area contributed by atoms with E-state index >= 15 is 0 Å². The summed E-state index contributed by atoms with van der Waals surface area (Å²) in [6, 6.07) is 0.685. The largest absolute Gasteiger partial charge is 0.368 e. The van der Waals surface area contributed by atoms with Crippen molar-refractivity contribution in [1.82, 2.24) is 10.2 Å². The summed E-state index contributed by atoms with van der Waals surface area (Å²) in [6.07, 6.45) is 1.74. The van der Waals surface area contributed by atoms with Crippen LogP contribution < -0.4 is 5.32 Å². The Balaban J connectivity index is 0.00000128. The van der Waals surface area contributed by atoms with E-state index in [1.807, 2.05) is 4.90 Å². The molecule has 2 aliphatic rings. The number of carbonyl (C=O) groups is 1. The lowest BCUT2D eigenvalue weighted by molar-refractivity contribution is -0.144. The second kappa shape index (κ2) is 5.84. The third kappa shape index (κ3) is 2.87. The molecule has 0 radical (unpaired) electrons. The summed E-state index contributed by atoms with van der Waals surface area (Å²) >= 11 is 0. The summed E-state index contributed by atoms with van der Waals surface area (Å²) in [5, 5.41) is 3.37. The van der Waals surface area contributed by atoms with E-state index in [4.69, 9.17) is 4.74 Å². The number of amides is 1. The molecule has 2 rings (SSSR count). The summed E-state index contributed by atoms with van der Waals surface area (Å²) in [5.41, 5.74) is 0. The van der Waals surface area contributed by atoms with Gasteiger partial charge in [-0.25, -0.2) is 0 Å². The zero-order chi connectivity index (χ0) is 10.8. The van der Waals surface area contributed by atoms with E-state index in [-0.39, 0.29) is 30.5 Å². The first-order valence-electron chi connectivity index (χ1n) is 5.84. The number of carbonyl (C=O) groups excluding carboxylic acids is 1. The number of rotatable bonds is 1. The smallest absolute Gasteiger partial charge is 0.252 e. The topological polar surface area (TPSA) is 41.6 Å². The van der Waals surface area contributed by atoms with Gasteiger partial charge in [0.15, 0.2) is 0 Å². The Hall–Kier alpha value is -0.320. The van der Waals surface area contributed by atoms with Crippen LogP contribution in [0.5, 0.6) is 0 Å². The summed E-state index contributed by atoms with van der Waals surface area (Å²) in [6.45, 7) is 6.64. The summed E-state index contributed by atoms with van der Waals surface area (Å²) < 4.78 is 5.44. The van der Waals surface area contributed by atoms with Crippen LogP contribution in [0.4, 0.5) is 0 Å². The molecule has 2 fully saturated rings. The molecule has 0 spiro atoms. The SMILES string of the molecule is CC1CN(C(=O)[C@H]2CCCO2)C(C)CN1.Cl. The molecular weight excluding hydrogens is 228 g/mol. The highest BCUT2D eigenvalue weighted by molar-refractivity contribution is 5.85. The zero-order valence-electron chi connectivity index (χ0n) is 9.94. The molecule has 2 saturated heterocycles. The zero-order valence-corrected chi connectivity index (χ0v) is 10.8. The molecule has 4 nitrogen and oxygen atoms in total. The van der Waals surface area contributed by atoms with Crippen molar-refractivity contribution in [3.63, 3.8) is 0 Å². The van der Waals surface area contributed by atoms with Crippen molar-refractivity contribution >= 4 is 18.3 Å². The molecule has 1 amide bonds. The second-order valence-electron chi connectivity index (χ2n) is 4.65. The van der Waals surface area contributed by atoms with Crippen molar-refractivity contribution in [2.75, 3.05) is 19.7 Å². The molecule has 2 heterocycles. The van der Waals surface area contributed by atoms with E-state index in [0.717, 1.165) is 32.5 Å². The third-order valence-corrected chi connectivity index (χ3v) is 3.25. The fraction of sp³-hybridized carbons (Fsp3) is 0.909. The molecule has 0 bridgehead atoms. The van der Waals surface area contributed by atoms with Gasteiger partial charge in [0, 0.05) is 31.8 Å². The second-order valence-corrected chi connectivity index (χ2v) is 4.65. The fourth-order valence-electron chi connectivity index (χ4n) is 2.29. The fourth-order valence-corrected chi connectivity index (χ4v) is 2.29. The number of nitrogens with one attached hydrogen (secondary N) is 1. The Morgan fingerprint density at radius 2 is 2.19 bits per heavy atom. The highest BCUT2D eigenvalue weighted by Crippen LogP contribution is 2.17. The number of nitrogens with zero attached hydrogens (tertiary/aromatic N) is 1. The summed E-state index contributed by atoms with van der Waals surface area (Å²) in [5.74, 6) is 0.188. The molecule has 3 atom stereocenters. The van der Waals surface area contributed by atoms with Crippen molar-refractivity contribution in [2.45, 2.75) is 44.9 Å². The minimum Gasteiger partial charge on any atom is -0.368 e. The van der Waals surface area contributed by atoms with E-state index in [2.05, 4.69) is 19.2 Å². The monoisotopic (exact) mass is 248 g/mol. The minimum absolute atomic E-state index is 0. The van der Waals surface area contributed by atoms with Crippen LogP contribution in [0.3, 0.4) is 0 Å². The lowest BCUT2D eigenvalue weighted by Crippen LogP contribution is -2.58. The standard InChI is InChI=1S/C11H20N2O2.ClH/c1-8-7-13(9(2)6-12-8)11(14)10-4-3-5-15-10;/h8-10,12H,3-7H2,1-2H3;1H/t8?,9?,10-;/m1./s1. The Labute approximate surface area is 103 Å². The van der Waals surface area contributed by atoms with Gasteiger partial charge in [-0.3, -0.25) is 4.79 Å². The number of hydrogen-bond donors (Lipinski definition) is 1. The maximum atomic E-state index is 12.1. The van der Waals surface area contributed by atoms with Crippen LogP contribution in [-0.2, 0) is 9.53 Å². The first-order valence-corrected chi connectivity index (χ1v) is 5.84. The molecule has 1 N–H and O–H groups in total. The molecule has 0 aromatic carbocycles. The van der Waals surface area contributed by atoms with Crippen molar-refractivity contribution < 1.29 is 9.53 Å². The molecule has 0 saturated carbocycles. The number of halogens is 1. The van der Waals surface area contributed by atoms with E-state index in [1.165, 1.54) is 0 Å². The van der Waals surface area contributed by atoms with Crippen LogP contribution in [0.1, 0.15) is 26.7 Å². The van der Waals surface area contributed by atoms with E-state index in [9.17, 15) is 4.79 Å². The van der Waals surface area contributed by atoms with Crippen molar-refractivity contribution in [3.8, 4) is 0 Å². The van der Waals surface area contributed by atoms with Gasteiger partial charge in [0.05, 0.1) is 0 Å². The maximum Gasteiger partial charge on any atom is 0.252 e. The van der Waals surface area contributed by atoms with Crippen molar-refractivity contribution in [3.05, 3.63) is 0 Å². The van der Waals surface area contributed by atoms with Crippen LogP contribution in [0.15, 0.2) is 0 Å². The molecule has 0 aromatic rings. The lowest BCUT2D eigenvalue weighted by Gasteiger charge is -2.38. The molecule has 0 aliphatic carbocycles. The van der Waals surface area contributed by atoms with Crippen LogP contribution in [0.25, 0.3) is 0 Å². The molecule has 0 aromatic heterocycles. The lowest BCUT2D eigenvalue weighted by atomic mass is 10.1. The van der Waals surface area contributed by atoms with Crippen molar-refractivity contribution in [1.29, 1.82) is 0 Å². The van der Waals surface area contributed by atoms with Gasteiger partial charge >= 0.3 is 0 Å². The molecule has 2 unspecified atom stereocenters. The Morgan fingerprint density at radius 1 is 1.44 bits per heavy atom. The molecule has 5 heteroatoms. The predicted octanol–water partition coefficient (Wildman–Crippen LogP) is 0.796. The summed E-state index contributed by atoms with van der Waals surface area (Å²) in [4.78, 5) is 14.1. The average molecular weight is 249 g/mol. The van der Waals surface area contributed by atoms with Gasteiger partial charge in [-0.05, 0) is 26.7 Å². The van der Waals surface area contributed by atoms with Gasteiger partial charge < -0.3 is 15.0 Å². The van der Waals surface area contributed by atoms with Gasteiger partial charge in [0.25, 0.3) is 5.91 Å².